The smallest absolute Gasteiger partial charge is 0.240 e. The molecule has 8 heteroatoms. The van der Waals surface area contributed by atoms with Crippen molar-refractivity contribution in [1.29, 1.82) is 0 Å². The lowest BCUT2D eigenvalue weighted by Crippen LogP contribution is -2.49. The molecule has 5 N–H and O–H groups in total. The van der Waals surface area contributed by atoms with Crippen LogP contribution in [0.2, 0.25) is 0 Å². The molecule has 0 aliphatic heterocycles. The van der Waals surface area contributed by atoms with Crippen molar-refractivity contribution in [3.8, 4) is 0 Å². The second kappa shape index (κ2) is 11.6. The molecule has 0 heterocycles. The number of rotatable bonds is 11. The zero-order valence-electron chi connectivity index (χ0n) is 14.9. The van der Waals surface area contributed by atoms with Crippen LogP contribution in [-0.2, 0) is 25.6 Å². The molecule has 1 aromatic carbocycles. The highest BCUT2D eigenvalue weighted by atomic mass is 16.2. The molecule has 0 aliphatic rings. The monoisotopic (exact) mass is 362 g/mol. The molecule has 0 saturated heterocycles. The predicted octanol–water partition coefficient (Wildman–Crippen LogP) is -0.378. The zero-order chi connectivity index (χ0) is 19.4. The highest BCUT2D eigenvalue weighted by Crippen LogP contribution is 2.02. The maximum absolute atomic E-state index is 11.9. The average Bonchev–Trinajstić information content (AvgIpc) is 2.63. The van der Waals surface area contributed by atoms with Crippen molar-refractivity contribution in [3.05, 3.63) is 35.9 Å². The summed E-state index contributed by atoms with van der Waals surface area (Å²) in [7, 11) is 0. The number of unbranched alkanes of at least 4 members (excludes halogenated alkanes) is 1. The van der Waals surface area contributed by atoms with Crippen molar-refractivity contribution >= 4 is 23.6 Å². The molecule has 1 rings (SSSR count). The van der Waals surface area contributed by atoms with E-state index in [1.54, 1.807) is 0 Å². The number of amides is 4. The van der Waals surface area contributed by atoms with E-state index >= 15 is 0 Å². The Kier molecular flexibility index (Phi) is 9.45. The van der Waals surface area contributed by atoms with Gasteiger partial charge < -0.3 is 21.7 Å². The zero-order valence-corrected chi connectivity index (χ0v) is 14.9. The molecule has 0 radical (unpaired) electrons. The number of hydrogen-bond donors (Lipinski definition) is 4. The lowest BCUT2D eigenvalue weighted by molar-refractivity contribution is -0.129. The number of benzene rings is 1. The minimum atomic E-state index is -0.865. The van der Waals surface area contributed by atoms with Gasteiger partial charge in [-0.3, -0.25) is 19.2 Å². The van der Waals surface area contributed by atoms with Crippen molar-refractivity contribution < 1.29 is 19.2 Å². The molecule has 0 unspecified atom stereocenters. The van der Waals surface area contributed by atoms with E-state index in [2.05, 4.69) is 16.0 Å². The van der Waals surface area contributed by atoms with Gasteiger partial charge in [-0.1, -0.05) is 43.7 Å². The summed E-state index contributed by atoms with van der Waals surface area (Å²) in [6.45, 7) is 1.47. The summed E-state index contributed by atoms with van der Waals surface area (Å²) in [4.78, 5) is 46.5. The minimum Gasteiger partial charge on any atom is -0.368 e. The van der Waals surface area contributed by atoms with Gasteiger partial charge in [-0.2, -0.15) is 0 Å². The van der Waals surface area contributed by atoms with Gasteiger partial charge in [-0.05, 0) is 12.0 Å². The first-order chi connectivity index (χ1) is 12.4. The third-order valence-electron chi connectivity index (χ3n) is 3.61. The number of carbonyl (C=O) groups is 4. The molecule has 0 spiro atoms. The van der Waals surface area contributed by atoms with Crippen LogP contribution in [0.3, 0.4) is 0 Å². The lowest BCUT2D eigenvalue weighted by Gasteiger charge is -2.16. The summed E-state index contributed by atoms with van der Waals surface area (Å²) in [5, 5.41) is 7.36. The van der Waals surface area contributed by atoms with Gasteiger partial charge in [0, 0.05) is 12.8 Å². The molecule has 8 nitrogen and oxygen atoms in total. The Labute approximate surface area is 152 Å². The van der Waals surface area contributed by atoms with Crippen LogP contribution in [0, 0.1) is 0 Å². The van der Waals surface area contributed by atoms with Crippen LogP contribution in [-0.4, -0.2) is 42.8 Å². The van der Waals surface area contributed by atoms with Crippen LogP contribution in [0.4, 0.5) is 0 Å². The van der Waals surface area contributed by atoms with Gasteiger partial charge in [0.05, 0.1) is 13.1 Å². The van der Waals surface area contributed by atoms with E-state index in [-0.39, 0.29) is 25.4 Å². The highest BCUT2D eigenvalue weighted by molar-refractivity contribution is 5.90. The van der Waals surface area contributed by atoms with Crippen molar-refractivity contribution in [1.82, 2.24) is 16.0 Å². The van der Waals surface area contributed by atoms with Gasteiger partial charge in [0.25, 0.3) is 0 Å². The van der Waals surface area contributed by atoms with E-state index in [0.717, 1.165) is 18.4 Å². The molecular formula is C18H26N4O4. The molecule has 0 saturated carbocycles. The molecule has 142 valence electrons. The van der Waals surface area contributed by atoms with E-state index in [0.29, 0.717) is 6.42 Å². The Morgan fingerprint density at radius 3 is 2.19 bits per heavy atom. The van der Waals surface area contributed by atoms with Crippen LogP contribution < -0.4 is 21.7 Å². The first-order valence-electron chi connectivity index (χ1n) is 8.58. The molecule has 0 fully saturated rings. The van der Waals surface area contributed by atoms with Gasteiger partial charge in [-0.25, -0.2) is 0 Å². The minimum absolute atomic E-state index is 0.195. The van der Waals surface area contributed by atoms with E-state index < -0.39 is 23.8 Å². The van der Waals surface area contributed by atoms with E-state index in [1.165, 1.54) is 0 Å². The summed E-state index contributed by atoms with van der Waals surface area (Å²) >= 11 is 0. The van der Waals surface area contributed by atoms with Crippen LogP contribution in [0.25, 0.3) is 0 Å². The van der Waals surface area contributed by atoms with Gasteiger partial charge in [0.1, 0.15) is 6.04 Å². The first kappa shape index (κ1) is 21.1. The molecule has 0 aliphatic carbocycles. The quantitative estimate of drug-likeness (QED) is 0.427. The Morgan fingerprint density at radius 1 is 0.962 bits per heavy atom. The molecular weight excluding hydrogens is 336 g/mol. The second-order valence-corrected chi connectivity index (χ2v) is 5.87. The summed E-state index contributed by atoms with van der Waals surface area (Å²) in [5.74, 6) is -1.88. The van der Waals surface area contributed by atoms with E-state index in [1.807, 2.05) is 37.3 Å². The maximum Gasteiger partial charge on any atom is 0.240 e. The average molecular weight is 362 g/mol. The Balaban J connectivity index is 2.35. The fraction of sp³-hybridized carbons (Fsp3) is 0.444. The van der Waals surface area contributed by atoms with Gasteiger partial charge in [0.15, 0.2) is 0 Å². The molecule has 1 aromatic rings. The Bertz CT molecular complexity index is 619. The molecule has 0 aromatic heterocycles. The number of carbonyl (C=O) groups excluding carboxylic acids is 4. The maximum atomic E-state index is 11.9. The predicted molar refractivity (Wildman–Crippen MR) is 96.8 cm³/mol. The van der Waals surface area contributed by atoms with Crippen LogP contribution in [0.15, 0.2) is 30.3 Å². The fourth-order valence-electron chi connectivity index (χ4n) is 2.16. The standard InChI is InChI=1S/C18H26N4O4/c1-2-3-9-15(23)20-11-16(24)21-12-17(25)22-14(18(19)26)10-13-7-5-4-6-8-13/h4-8,14H,2-3,9-12H2,1H3,(H2,19,26)(H,20,23)(H,21,24)(H,22,25)/t14-/m0/s1. The Morgan fingerprint density at radius 2 is 1.58 bits per heavy atom. The third kappa shape index (κ3) is 8.81. The molecule has 1 atom stereocenters. The van der Waals surface area contributed by atoms with Gasteiger partial charge in [0.2, 0.25) is 23.6 Å². The third-order valence-corrected chi connectivity index (χ3v) is 3.61. The number of nitrogens with one attached hydrogen (secondary N) is 3. The topological polar surface area (TPSA) is 130 Å². The normalized spacial score (nSPS) is 11.3. The van der Waals surface area contributed by atoms with Crippen LogP contribution in [0.5, 0.6) is 0 Å². The first-order valence-corrected chi connectivity index (χ1v) is 8.58. The van der Waals surface area contributed by atoms with Crippen molar-refractivity contribution in [3.63, 3.8) is 0 Å². The summed E-state index contributed by atoms with van der Waals surface area (Å²) in [6, 6.07) is 8.28. The summed E-state index contributed by atoms with van der Waals surface area (Å²) in [5.41, 5.74) is 6.18. The van der Waals surface area contributed by atoms with Crippen molar-refractivity contribution in [2.45, 2.75) is 38.6 Å². The SMILES string of the molecule is CCCCC(=O)NCC(=O)NCC(=O)N[C@@H](Cc1ccccc1)C(N)=O. The van der Waals surface area contributed by atoms with E-state index in [9.17, 15) is 19.2 Å². The van der Waals surface area contributed by atoms with E-state index in [4.69, 9.17) is 5.73 Å². The summed E-state index contributed by atoms with van der Waals surface area (Å²) < 4.78 is 0. The number of hydrogen-bond acceptors (Lipinski definition) is 4. The number of primary amides is 1. The van der Waals surface area contributed by atoms with Crippen molar-refractivity contribution in [2.75, 3.05) is 13.1 Å². The second-order valence-electron chi connectivity index (χ2n) is 5.87. The van der Waals surface area contributed by atoms with Crippen LogP contribution >= 0.6 is 0 Å². The highest BCUT2D eigenvalue weighted by Gasteiger charge is 2.18. The van der Waals surface area contributed by atoms with Crippen LogP contribution in [0.1, 0.15) is 31.7 Å². The molecule has 26 heavy (non-hydrogen) atoms. The molecule has 0 bridgehead atoms. The van der Waals surface area contributed by atoms with Crippen molar-refractivity contribution in [2.24, 2.45) is 5.73 Å². The lowest BCUT2D eigenvalue weighted by atomic mass is 10.1. The summed E-state index contributed by atoms with van der Waals surface area (Å²) in [6.07, 6.45) is 2.28. The fourth-order valence-corrected chi connectivity index (χ4v) is 2.16. The molecule has 4 amide bonds. The van der Waals surface area contributed by atoms with Gasteiger partial charge >= 0.3 is 0 Å². The Hall–Kier alpha value is -2.90. The van der Waals surface area contributed by atoms with Gasteiger partial charge in [-0.15, -0.1) is 0 Å². The number of nitrogens with two attached hydrogens (primary N) is 1. The largest absolute Gasteiger partial charge is 0.368 e.